The number of nitrogens with one attached hydrogen (secondary N) is 1. The highest BCUT2D eigenvalue weighted by molar-refractivity contribution is 6.13. The van der Waals surface area contributed by atoms with Crippen LogP contribution in [0.2, 0.25) is 0 Å². The first kappa shape index (κ1) is 18.4. The Labute approximate surface area is 131 Å². The molecule has 0 radical (unpaired) electrons. The van der Waals surface area contributed by atoms with Gasteiger partial charge in [0.25, 0.3) is 11.8 Å². The number of ether oxygens (including phenoxy) is 1. The van der Waals surface area contributed by atoms with Gasteiger partial charge in [0.1, 0.15) is 0 Å². The van der Waals surface area contributed by atoms with Gasteiger partial charge in [0, 0.05) is 45.4 Å². The number of carbonyl (C=O) groups excluding carboxylic acids is 3. The van der Waals surface area contributed by atoms with Crippen LogP contribution < -0.4 is 5.32 Å². The van der Waals surface area contributed by atoms with E-state index < -0.39 is 0 Å². The molecule has 0 unspecified atom stereocenters. The summed E-state index contributed by atoms with van der Waals surface area (Å²) in [6.45, 7) is 1.63. The molecule has 0 fully saturated rings. The molecule has 0 aromatic rings. The molecule has 1 rings (SSSR count). The maximum atomic E-state index is 11.6. The molecule has 1 aliphatic rings. The lowest BCUT2D eigenvalue weighted by molar-refractivity contribution is -0.137. The van der Waals surface area contributed by atoms with Crippen molar-refractivity contribution in [3.63, 3.8) is 0 Å². The van der Waals surface area contributed by atoms with Gasteiger partial charge in [0.15, 0.2) is 0 Å². The number of amides is 3. The van der Waals surface area contributed by atoms with Crippen LogP contribution in [-0.4, -0.2) is 49.4 Å². The maximum Gasteiger partial charge on any atom is 0.253 e. The van der Waals surface area contributed by atoms with Crippen molar-refractivity contribution in [2.24, 2.45) is 0 Å². The SMILES string of the molecule is COCCCCCCCCNC(=O)CCN1C(=O)C=CC1=O. The second-order valence-electron chi connectivity index (χ2n) is 5.38. The Morgan fingerprint density at radius 3 is 2.27 bits per heavy atom. The molecule has 0 aromatic heterocycles. The third-order valence-corrected chi connectivity index (χ3v) is 3.56. The van der Waals surface area contributed by atoms with Crippen LogP contribution in [0, 0.1) is 0 Å². The van der Waals surface area contributed by atoms with Gasteiger partial charge in [-0.1, -0.05) is 25.7 Å². The second kappa shape index (κ2) is 11.0. The van der Waals surface area contributed by atoms with Crippen molar-refractivity contribution in [3.8, 4) is 0 Å². The van der Waals surface area contributed by atoms with Gasteiger partial charge in [-0.05, 0) is 12.8 Å². The highest BCUT2D eigenvalue weighted by atomic mass is 16.5. The lowest BCUT2D eigenvalue weighted by Gasteiger charge is -2.13. The largest absolute Gasteiger partial charge is 0.385 e. The molecule has 0 saturated carbocycles. The Morgan fingerprint density at radius 1 is 1.05 bits per heavy atom. The monoisotopic (exact) mass is 310 g/mol. The van der Waals surface area contributed by atoms with E-state index in [1.165, 1.54) is 31.4 Å². The van der Waals surface area contributed by atoms with Gasteiger partial charge in [-0.15, -0.1) is 0 Å². The molecule has 3 amide bonds. The second-order valence-corrected chi connectivity index (χ2v) is 5.38. The first-order valence-corrected chi connectivity index (χ1v) is 7.94. The molecule has 6 heteroatoms. The number of imide groups is 1. The molecule has 0 aliphatic carbocycles. The minimum atomic E-state index is -0.341. The van der Waals surface area contributed by atoms with Crippen molar-refractivity contribution < 1.29 is 19.1 Å². The summed E-state index contributed by atoms with van der Waals surface area (Å²) in [5.41, 5.74) is 0. The molecule has 0 aromatic carbocycles. The molecule has 124 valence electrons. The van der Waals surface area contributed by atoms with E-state index in [0.717, 1.165) is 30.8 Å². The lowest BCUT2D eigenvalue weighted by Crippen LogP contribution is -2.34. The zero-order valence-corrected chi connectivity index (χ0v) is 13.3. The quantitative estimate of drug-likeness (QED) is 0.437. The van der Waals surface area contributed by atoms with Crippen molar-refractivity contribution >= 4 is 17.7 Å². The third-order valence-electron chi connectivity index (χ3n) is 3.56. The zero-order valence-electron chi connectivity index (χ0n) is 13.3. The highest BCUT2D eigenvalue weighted by Crippen LogP contribution is 2.06. The highest BCUT2D eigenvalue weighted by Gasteiger charge is 2.23. The Morgan fingerprint density at radius 2 is 1.64 bits per heavy atom. The molecule has 0 atom stereocenters. The van der Waals surface area contributed by atoms with Crippen molar-refractivity contribution in [3.05, 3.63) is 12.2 Å². The third kappa shape index (κ3) is 7.36. The first-order chi connectivity index (χ1) is 10.6. The molecule has 1 heterocycles. The van der Waals surface area contributed by atoms with Gasteiger partial charge in [-0.2, -0.15) is 0 Å². The predicted octanol–water partition coefficient (Wildman–Crippen LogP) is 1.40. The number of hydrogen-bond acceptors (Lipinski definition) is 4. The van der Waals surface area contributed by atoms with E-state index >= 15 is 0 Å². The Bertz CT molecular complexity index is 389. The number of methoxy groups -OCH3 is 1. The van der Waals surface area contributed by atoms with E-state index in [2.05, 4.69) is 5.32 Å². The van der Waals surface area contributed by atoms with Crippen LogP contribution in [0.25, 0.3) is 0 Å². The molecule has 0 spiro atoms. The molecule has 1 aliphatic heterocycles. The first-order valence-electron chi connectivity index (χ1n) is 7.94. The summed E-state index contributed by atoms with van der Waals surface area (Å²) in [7, 11) is 1.72. The van der Waals surface area contributed by atoms with Crippen LogP contribution in [0.1, 0.15) is 44.9 Å². The summed E-state index contributed by atoms with van der Waals surface area (Å²) in [6.07, 6.45) is 9.34. The van der Waals surface area contributed by atoms with Crippen LogP contribution >= 0.6 is 0 Å². The number of unbranched alkanes of at least 4 members (excludes halogenated alkanes) is 5. The summed E-state index contributed by atoms with van der Waals surface area (Å²) in [4.78, 5) is 35.3. The van der Waals surface area contributed by atoms with Crippen molar-refractivity contribution in [1.82, 2.24) is 10.2 Å². The summed E-state index contributed by atoms with van der Waals surface area (Å²) in [6, 6.07) is 0. The van der Waals surface area contributed by atoms with Gasteiger partial charge in [-0.3, -0.25) is 19.3 Å². The van der Waals surface area contributed by atoms with Crippen LogP contribution in [0.3, 0.4) is 0 Å². The molecule has 22 heavy (non-hydrogen) atoms. The maximum absolute atomic E-state index is 11.6. The summed E-state index contributed by atoms with van der Waals surface area (Å²) >= 11 is 0. The van der Waals surface area contributed by atoms with Crippen molar-refractivity contribution in [2.75, 3.05) is 26.8 Å². The van der Waals surface area contributed by atoms with E-state index in [4.69, 9.17) is 4.74 Å². The number of hydrogen-bond donors (Lipinski definition) is 1. The van der Waals surface area contributed by atoms with Gasteiger partial charge in [0.05, 0.1) is 0 Å². The number of rotatable bonds is 12. The smallest absolute Gasteiger partial charge is 0.253 e. The molecule has 0 bridgehead atoms. The Hall–Kier alpha value is -1.69. The van der Waals surface area contributed by atoms with Gasteiger partial charge >= 0.3 is 0 Å². The van der Waals surface area contributed by atoms with E-state index in [9.17, 15) is 14.4 Å². The molecular formula is C16H26N2O4. The van der Waals surface area contributed by atoms with Crippen LogP contribution in [0.4, 0.5) is 0 Å². The summed E-state index contributed by atoms with van der Waals surface area (Å²) in [5.74, 6) is -0.801. The van der Waals surface area contributed by atoms with E-state index in [0.29, 0.717) is 6.54 Å². The van der Waals surface area contributed by atoms with Gasteiger partial charge in [-0.25, -0.2) is 0 Å². The minimum absolute atomic E-state index is 0.118. The Balaban J connectivity index is 1.93. The number of nitrogens with zero attached hydrogens (tertiary/aromatic N) is 1. The van der Waals surface area contributed by atoms with Gasteiger partial charge in [0.2, 0.25) is 5.91 Å². The molecule has 1 N–H and O–H groups in total. The minimum Gasteiger partial charge on any atom is -0.385 e. The number of carbonyl (C=O) groups is 3. The standard InChI is InChI=1S/C16H26N2O4/c1-22-13-7-5-3-2-4-6-11-17-14(19)10-12-18-15(20)8-9-16(18)21/h8-9H,2-7,10-13H2,1H3,(H,17,19). The normalized spacial score (nSPS) is 14.0. The fraction of sp³-hybridized carbons (Fsp3) is 0.688. The average molecular weight is 310 g/mol. The van der Waals surface area contributed by atoms with Crippen LogP contribution in [0.5, 0.6) is 0 Å². The van der Waals surface area contributed by atoms with Gasteiger partial charge < -0.3 is 10.1 Å². The van der Waals surface area contributed by atoms with E-state index in [1.807, 2.05) is 0 Å². The fourth-order valence-electron chi connectivity index (χ4n) is 2.26. The fourth-order valence-corrected chi connectivity index (χ4v) is 2.26. The topological polar surface area (TPSA) is 75.7 Å². The zero-order chi connectivity index (χ0) is 16.2. The summed E-state index contributed by atoms with van der Waals surface area (Å²) in [5, 5.41) is 2.82. The summed E-state index contributed by atoms with van der Waals surface area (Å²) < 4.78 is 4.99. The average Bonchev–Trinajstić information content (AvgIpc) is 2.82. The van der Waals surface area contributed by atoms with E-state index in [1.54, 1.807) is 7.11 Å². The van der Waals surface area contributed by atoms with Crippen LogP contribution in [-0.2, 0) is 19.1 Å². The van der Waals surface area contributed by atoms with Crippen LogP contribution in [0.15, 0.2) is 12.2 Å². The molecule has 6 nitrogen and oxygen atoms in total. The molecular weight excluding hydrogens is 284 g/mol. The Kier molecular flexibility index (Phi) is 9.14. The predicted molar refractivity (Wildman–Crippen MR) is 83.1 cm³/mol. The van der Waals surface area contributed by atoms with Crippen molar-refractivity contribution in [2.45, 2.75) is 44.9 Å². The molecule has 0 saturated heterocycles. The lowest BCUT2D eigenvalue weighted by atomic mass is 10.1. The van der Waals surface area contributed by atoms with E-state index in [-0.39, 0.29) is 30.7 Å². The van der Waals surface area contributed by atoms with Crippen molar-refractivity contribution in [1.29, 1.82) is 0 Å².